The Morgan fingerprint density at radius 3 is 2.44 bits per heavy atom. The van der Waals surface area contributed by atoms with Gasteiger partial charge in [0, 0.05) is 38.1 Å². The van der Waals surface area contributed by atoms with Crippen molar-refractivity contribution in [1.82, 2.24) is 4.98 Å². The fourth-order valence-corrected chi connectivity index (χ4v) is 3.16. The normalized spacial score (nSPS) is 14.5. The van der Waals surface area contributed by atoms with Gasteiger partial charge in [-0.05, 0) is 50.1 Å². The minimum Gasteiger partial charge on any atom is -0.462 e. The molecule has 0 unspecified atom stereocenters. The van der Waals surface area contributed by atoms with E-state index < -0.39 is 0 Å². The number of esters is 1. The van der Waals surface area contributed by atoms with Gasteiger partial charge < -0.3 is 14.5 Å². The van der Waals surface area contributed by atoms with Crippen LogP contribution in [-0.4, -0.2) is 43.7 Å². The van der Waals surface area contributed by atoms with E-state index in [0.29, 0.717) is 12.2 Å². The molecular weight excluding hydrogens is 314 g/mol. The molecule has 0 radical (unpaired) electrons. The zero-order valence-electron chi connectivity index (χ0n) is 15.2. The summed E-state index contributed by atoms with van der Waals surface area (Å²) in [4.78, 5) is 20.8. The molecule has 0 atom stereocenters. The summed E-state index contributed by atoms with van der Waals surface area (Å²) < 4.78 is 5.00. The average molecular weight is 339 g/mol. The SMILES string of the molecule is CCOC(=O)c1ccc(N2CCN(c3cccc(C)c3C)CC2)nc1. The maximum absolute atomic E-state index is 11.7. The number of pyridine rings is 1. The minimum atomic E-state index is -0.318. The van der Waals surface area contributed by atoms with Crippen LogP contribution in [-0.2, 0) is 4.74 Å². The highest BCUT2D eigenvalue weighted by molar-refractivity contribution is 5.89. The van der Waals surface area contributed by atoms with Gasteiger partial charge in [-0.3, -0.25) is 0 Å². The van der Waals surface area contributed by atoms with E-state index in [9.17, 15) is 4.79 Å². The molecule has 0 N–H and O–H groups in total. The van der Waals surface area contributed by atoms with Crippen LogP contribution in [0, 0.1) is 13.8 Å². The van der Waals surface area contributed by atoms with Crippen LogP contribution >= 0.6 is 0 Å². The number of nitrogens with zero attached hydrogens (tertiary/aromatic N) is 3. The molecular formula is C20H25N3O2. The number of rotatable bonds is 4. The monoisotopic (exact) mass is 339 g/mol. The lowest BCUT2D eigenvalue weighted by atomic mass is 10.1. The van der Waals surface area contributed by atoms with Gasteiger partial charge in [0.25, 0.3) is 0 Å². The Hall–Kier alpha value is -2.56. The Morgan fingerprint density at radius 2 is 1.80 bits per heavy atom. The molecule has 0 aliphatic carbocycles. The maximum atomic E-state index is 11.7. The fourth-order valence-electron chi connectivity index (χ4n) is 3.16. The lowest BCUT2D eigenvalue weighted by Gasteiger charge is -2.37. The number of piperazine rings is 1. The Bertz CT molecular complexity index is 735. The van der Waals surface area contributed by atoms with Gasteiger partial charge in [0.05, 0.1) is 12.2 Å². The number of anilines is 2. The highest BCUT2D eigenvalue weighted by Crippen LogP contribution is 2.25. The van der Waals surface area contributed by atoms with Crippen molar-refractivity contribution >= 4 is 17.5 Å². The zero-order chi connectivity index (χ0) is 17.8. The molecule has 1 aromatic heterocycles. The second-order valence-electron chi connectivity index (χ2n) is 6.32. The molecule has 1 fully saturated rings. The second kappa shape index (κ2) is 7.55. The maximum Gasteiger partial charge on any atom is 0.339 e. The lowest BCUT2D eigenvalue weighted by molar-refractivity contribution is 0.0526. The number of ether oxygens (including phenoxy) is 1. The summed E-state index contributed by atoms with van der Waals surface area (Å²) in [6.07, 6.45) is 1.60. The fraction of sp³-hybridized carbons (Fsp3) is 0.400. The summed E-state index contributed by atoms with van der Waals surface area (Å²) >= 11 is 0. The largest absolute Gasteiger partial charge is 0.462 e. The van der Waals surface area contributed by atoms with Crippen molar-refractivity contribution in [2.24, 2.45) is 0 Å². The molecule has 25 heavy (non-hydrogen) atoms. The first-order valence-corrected chi connectivity index (χ1v) is 8.79. The van der Waals surface area contributed by atoms with E-state index in [1.54, 1.807) is 19.2 Å². The Labute approximate surface area is 149 Å². The molecule has 2 aromatic rings. The van der Waals surface area contributed by atoms with E-state index in [2.05, 4.69) is 46.8 Å². The van der Waals surface area contributed by atoms with Crippen molar-refractivity contribution in [3.63, 3.8) is 0 Å². The van der Waals surface area contributed by atoms with Gasteiger partial charge in [-0.2, -0.15) is 0 Å². The molecule has 1 aliphatic rings. The summed E-state index contributed by atoms with van der Waals surface area (Å²) in [7, 11) is 0. The number of hydrogen-bond donors (Lipinski definition) is 0. The number of hydrogen-bond acceptors (Lipinski definition) is 5. The molecule has 5 heteroatoms. The molecule has 0 saturated carbocycles. The first-order valence-electron chi connectivity index (χ1n) is 8.79. The van der Waals surface area contributed by atoms with E-state index in [0.717, 1.165) is 32.0 Å². The van der Waals surface area contributed by atoms with Gasteiger partial charge >= 0.3 is 5.97 Å². The molecule has 1 aliphatic heterocycles. The van der Waals surface area contributed by atoms with Crippen LogP contribution < -0.4 is 9.80 Å². The third-order valence-electron chi connectivity index (χ3n) is 4.78. The molecule has 1 aromatic carbocycles. The molecule has 3 rings (SSSR count). The number of aryl methyl sites for hydroxylation is 1. The van der Waals surface area contributed by atoms with Crippen molar-refractivity contribution in [3.05, 3.63) is 53.2 Å². The number of benzene rings is 1. The number of carbonyl (C=O) groups excluding carboxylic acids is 1. The van der Waals surface area contributed by atoms with Gasteiger partial charge in [0.2, 0.25) is 0 Å². The van der Waals surface area contributed by atoms with Crippen molar-refractivity contribution in [3.8, 4) is 0 Å². The Balaban J connectivity index is 1.64. The number of carbonyl (C=O) groups is 1. The topological polar surface area (TPSA) is 45.7 Å². The Kier molecular flexibility index (Phi) is 5.22. The van der Waals surface area contributed by atoms with Crippen molar-refractivity contribution in [2.45, 2.75) is 20.8 Å². The highest BCUT2D eigenvalue weighted by Gasteiger charge is 2.20. The first-order chi connectivity index (χ1) is 12.1. The van der Waals surface area contributed by atoms with Gasteiger partial charge in [-0.1, -0.05) is 12.1 Å². The molecule has 0 bridgehead atoms. The molecule has 0 spiro atoms. The quantitative estimate of drug-likeness (QED) is 0.801. The molecule has 132 valence electrons. The van der Waals surface area contributed by atoms with Crippen LogP contribution in [0.2, 0.25) is 0 Å². The zero-order valence-corrected chi connectivity index (χ0v) is 15.2. The van der Waals surface area contributed by atoms with Crippen LogP contribution in [0.15, 0.2) is 36.5 Å². The Morgan fingerprint density at radius 1 is 1.08 bits per heavy atom. The van der Waals surface area contributed by atoms with E-state index in [4.69, 9.17) is 4.74 Å². The summed E-state index contributed by atoms with van der Waals surface area (Å²) in [6.45, 7) is 10.3. The second-order valence-corrected chi connectivity index (χ2v) is 6.32. The molecule has 5 nitrogen and oxygen atoms in total. The van der Waals surface area contributed by atoms with E-state index in [1.807, 2.05) is 6.07 Å². The summed E-state index contributed by atoms with van der Waals surface area (Å²) in [5.74, 6) is 0.593. The van der Waals surface area contributed by atoms with Gasteiger partial charge in [0.15, 0.2) is 0 Å². The summed E-state index contributed by atoms with van der Waals surface area (Å²) in [5, 5.41) is 0. The standard InChI is InChI=1S/C20H25N3O2/c1-4-25-20(24)17-8-9-19(21-14-17)23-12-10-22(11-13-23)18-7-5-6-15(2)16(18)3/h5-9,14H,4,10-13H2,1-3H3. The van der Waals surface area contributed by atoms with Crippen LogP contribution in [0.3, 0.4) is 0 Å². The van der Waals surface area contributed by atoms with Crippen LogP contribution in [0.5, 0.6) is 0 Å². The minimum absolute atomic E-state index is 0.318. The van der Waals surface area contributed by atoms with Crippen LogP contribution in [0.4, 0.5) is 11.5 Å². The smallest absolute Gasteiger partial charge is 0.339 e. The predicted molar refractivity (Wildman–Crippen MR) is 101 cm³/mol. The van der Waals surface area contributed by atoms with Gasteiger partial charge in [0.1, 0.15) is 5.82 Å². The molecule has 0 amide bonds. The van der Waals surface area contributed by atoms with E-state index in [1.165, 1.54) is 16.8 Å². The third-order valence-corrected chi connectivity index (χ3v) is 4.78. The van der Waals surface area contributed by atoms with E-state index >= 15 is 0 Å². The van der Waals surface area contributed by atoms with Crippen LogP contribution in [0.25, 0.3) is 0 Å². The average Bonchev–Trinajstić information content (AvgIpc) is 2.64. The summed E-state index contributed by atoms with van der Waals surface area (Å²) in [6, 6.07) is 10.2. The molecule has 2 heterocycles. The van der Waals surface area contributed by atoms with Gasteiger partial charge in [-0.15, -0.1) is 0 Å². The number of aromatic nitrogens is 1. The van der Waals surface area contributed by atoms with Crippen LogP contribution in [0.1, 0.15) is 28.4 Å². The first kappa shape index (κ1) is 17.3. The molecule has 1 saturated heterocycles. The van der Waals surface area contributed by atoms with Gasteiger partial charge in [-0.25, -0.2) is 9.78 Å². The third kappa shape index (κ3) is 3.76. The van der Waals surface area contributed by atoms with Crippen molar-refractivity contribution in [1.29, 1.82) is 0 Å². The highest BCUT2D eigenvalue weighted by atomic mass is 16.5. The van der Waals surface area contributed by atoms with Crippen molar-refractivity contribution < 1.29 is 9.53 Å². The van der Waals surface area contributed by atoms with E-state index in [-0.39, 0.29) is 5.97 Å². The summed E-state index contributed by atoms with van der Waals surface area (Å²) in [5.41, 5.74) is 4.51. The predicted octanol–water partition coefficient (Wildman–Crippen LogP) is 3.20. The van der Waals surface area contributed by atoms with Crippen molar-refractivity contribution in [2.75, 3.05) is 42.6 Å². The lowest BCUT2D eigenvalue weighted by Crippen LogP contribution is -2.47.